The molecular formula is C22H23N3O4. The van der Waals surface area contributed by atoms with Crippen LogP contribution in [0.15, 0.2) is 47.0 Å². The van der Waals surface area contributed by atoms with Gasteiger partial charge >= 0.3 is 0 Å². The smallest absolute Gasteiger partial charge is 0.246 e. The first-order valence-electron chi connectivity index (χ1n) is 9.48. The number of ether oxygens (including phenoxy) is 2. The van der Waals surface area contributed by atoms with Crippen molar-refractivity contribution in [2.24, 2.45) is 5.92 Å². The van der Waals surface area contributed by atoms with Crippen molar-refractivity contribution in [3.8, 4) is 22.9 Å². The standard InChI is InChI=1S/C22H23N3O4/c1-14-6-4-8-16(10-14)21-23-19(29-24-21)12-25(2)22(26)17-11-15-7-5-9-18(27-3)20(15)28-13-17/h4-10,17H,11-13H2,1-3H3/t17-/m0/s1. The van der Waals surface area contributed by atoms with Crippen molar-refractivity contribution in [3.63, 3.8) is 0 Å². The largest absolute Gasteiger partial charge is 0.493 e. The minimum Gasteiger partial charge on any atom is -0.493 e. The fourth-order valence-corrected chi connectivity index (χ4v) is 3.53. The third kappa shape index (κ3) is 3.94. The minimum absolute atomic E-state index is 0.0197. The van der Waals surface area contributed by atoms with Crippen LogP contribution in [-0.2, 0) is 17.8 Å². The predicted octanol–water partition coefficient (Wildman–Crippen LogP) is 3.26. The second-order valence-electron chi connectivity index (χ2n) is 7.24. The molecule has 0 saturated carbocycles. The van der Waals surface area contributed by atoms with Gasteiger partial charge in [-0.25, -0.2) is 0 Å². The van der Waals surface area contributed by atoms with Gasteiger partial charge in [-0.3, -0.25) is 4.79 Å². The van der Waals surface area contributed by atoms with Gasteiger partial charge in [0.2, 0.25) is 17.6 Å². The monoisotopic (exact) mass is 393 g/mol. The second-order valence-corrected chi connectivity index (χ2v) is 7.24. The molecule has 29 heavy (non-hydrogen) atoms. The van der Waals surface area contributed by atoms with Gasteiger partial charge < -0.3 is 18.9 Å². The van der Waals surface area contributed by atoms with Crippen molar-refractivity contribution < 1.29 is 18.8 Å². The maximum absolute atomic E-state index is 12.9. The summed E-state index contributed by atoms with van der Waals surface area (Å²) >= 11 is 0. The summed E-state index contributed by atoms with van der Waals surface area (Å²) in [4.78, 5) is 18.9. The van der Waals surface area contributed by atoms with Crippen LogP contribution in [0.25, 0.3) is 11.4 Å². The van der Waals surface area contributed by atoms with Crippen LogP contribution in [0.2, 0.25) is 0 Å². The first-order valence-corrected chi connectivity index (χ1v) is 9.48. The van der Waals surface area contributed by atoms with Crippen molar-refractivity contribution in [2.75, 3.05) is 20.8 Å². The Balaban J connectivity index is 1.43. The quantitative estimate of drug-likeness (QED) is 0.662. The molecule has 1 aromatic heterocycles. The summed E-state index contributed by atoms with van der Waals surface area (Å²) in [5.41, 5.74) is 2.98. The van der Waals surface area contributed by atoms with Crippen molar-refractivity contribution in [1.82, 2.24) is 15.0 Å². The molecule has 2 aromatic carbocycles. The summed E-state index contributed by atoms with van der Waals surface area (Å²) in [5.74, 6) is 2.05. The topological polar surface area (TPSA) is 77.7 Å². The Hall–Kier alpha value is -3.35. The summed E-state index contributed by atoms with van der Waals surface area (Å²) in [6.07, 6.45) is 0.605. The Morgan fingerprint density at radius 2 is 2.10 bits per heavy atom. The number of carbonyl (C=O) groups is 1. The average molecular weight is 393 g/mol. The summed E-state index contributed by atoms with van der Waals surface area (Å²) in [5, 5.41) is 4.04. The Labute approximate surface area is 169 Å². The number of hydrogen-bond acceptors (Lipinski definition) is 6. The highest BCUT2D eigenvalue weighted by atomic mass is 16.5. The fourth-order valence-electron chi connectivity index (χ4n) is 3.53. The third-order valence-electron chi connectivity index (χ3n) is 5.02. The van der Waals surface area contributed by atoms with E-state index in [0.29, 0.717) is 30.5 Å². The molecule has 7 heteroatoms. The number of rotatable bonds is 5. The molecule has 0 spiro atoms. The maximum Gasteiger partial charge on any atom is 0.246 e. The van der Waals surface area contributed by atoms with Crippen LogP contribution in [0.5, 0.6) is 11.5 Å². The van der Waals surface area contributed by atoms with E-state index in [2.05, 4.69) is 10.1 Å². The predicted molar refractivity (Wildman–Crippen MR) is 107 cm³/mol. The van der Waals surface area contributed by atoms with Crippen LogP contribution < -0.4 is 9.47 Å². The lowest BCUT2D eigenvalue weighted by atomic mass is 9.95. The van der Waals surface area contributed by atoms with E-state index in [4.69, 9.17) is 14.0 Å². The summed E-state index contributed by atoms with van der Waals surface area (Å²) in [6, 6.07) is 13.6. The molecule has 1 atom stereocenters. The molecule has 7 nitrogen and oxygen atoms in total. The van der Waals surface area contributed by atoms with Crippen molar-refractivity contribution in [1.29, 1.82) is 0 Å². The Morgan fingerprint density at radius 3 is 2.90 bits per heavy atom. The number of methoxy groups -OCH3 is 1. The number of aromatic nitrogens is 2. The molecule has 0 N–H and O–H groups in total. The number of carbonyl (C=O) groups excluding carboxylic acids is 1. The van der Waals surface area contributed by atoms with Gasteiger partial charge in [0, 0.05) is 12.6 Å². The normalized spacial score (nSPS) is 15.3. The first kappa shape index (κ1) is 19.0. The van der Waals surface area contributed by atoms with Crippen LogP contribution in [0.4, 0.5) is 0 Å². The molecule has 1 aliphatic heterocycles. The summed E-state index contributed by atoms with van der Waals surface area (Å²) in [7, 11) is 3.35. The molecule has 0 bridgehead atoms. The number of hydrogen-bond donors (Lipinski definition) is 0. The van der Waals surface area contributed by atoms with Crippen LogP contribution in [-0.4, -0.2) is 41.7 Å². The van der Waals surface area contributed by atoms with Crippen molar-refractivity contribution in [3.05, 3.63) is 59.5 Å². The van der Waals surface area contributed by atoms with Gasteiger partial charge in [0.1, 0.15) is 6.61 Å². The molecular weight excluding hydrogens is 370 g/mol. The molecule has 1 aliphatic rings. The van der Waals surface area contributed by atoms with E-state index in [1.54, 1.807) is 19.1 Å². The molecule has 1 amide bonds. The number of nitrogens with zero attached hydrogens (tertiary/aromatic N) is 3. The minimum atomic E-state index is -0.265. The first-order chi connectivity index (χ1) is 14.0. The van der Waals surface area contributed by atoms with Gasteiger partial charge in [0.05, 0.1) is 19.6 Å². The maximum atomic E-state index is 12.9. The average Bonchev–Trinajstić information content (AvgIpc) is 3.20. The van der Waals surface area contributed by atoms with E-state index < -0.39 is 0 Å². The van der Waals surface area contributed by atoms with E-state index in [0.717, 1.165) is 22.4 Å². The van der Waals surface area contributed by atoms with Gasteiger partial charge in [-0.15, -0.1) is 0 Å². The highest BCUT2D eigenvalue weighted by Gasteiger charge is 2.30. The zero-order valence-electron chi connectivity index (χ0n) is 16.7. The molecule has 0 unspecified atom stereocenters. The lowest BCUT2D eigenvalue weighted by Crippen LogP contribution is -2.38. The number of aryl methyl sites for hydroxylation is 1. The van der Waals surface area contributed by atoms with Gasteiger partial charge in [-0.2, -0.15) is 4.98 Å². The highest BCUT2D eigenvalue weighted by Crippen LogP contribution is 2.36. The lowest BCUT2D eigenvalue weighted by molar-refractivity contribution is -0.136. The number of para-hydroxylation sites is 1. The number of benzene rings is 2. The molecule has 0 aliphatic carbocycles. The van der Waals surface area contributed by atoms with E-state index in [-0.39, 0.29) is 18.4 Å². The molecule has 150 valence electrons. The van der Waals surface area contributed by atoms with Crippen molar-refractivity contribution in [2.45, 2.75) is 19.9 Å². The van der Waals surface area contributed by atoms with Gasteiger partial charge in [-0.1, -0.05) is 41.1 Å². The fraction of sp³-hybridized carbons (Fsp3) is 0.318. The second kappa shape index (κ2) is 7.95. The summed E-state index contributed by atoms with van der Waals surface area (Å²) in [6.45, 7) is 2.57. The van der Waals surface area contributed by atoms with Crippen LogP contribution in [0, 0.1) is 12.8 Å². The van der Waals surface area contributed by atoms with Crippen molar-refractivity contribution >= 4 is 5.91 Å². The van der Waals surface area contributed by atoms with Gasteiger partial charge in [0.25, 0.3) is 0 Å². The zero-order chi connectivity index (χ0) is 20.4. The zero-order valence-corrected chi connectivity index (χ0v) is 16.7. The number of fused-ring (bicyclic) bond motifs is 1. The molecule has 3 aromatic rings. The molecule has 0 radical (unpaired) electrons. The van der Waals surface area contributed by atoms with E-state index in [9.17, 15) is 4.79 Å². The molecule has 2 heterocycles. The molecule has 0 saturated heterocycles. The van der Waals surface area contributed by atoms with E-state index in [1.807, 2.05) is 49.4 Å². The molecule has 0 fully saturated rings. The Bertz CT molecular complexity index is 1030. The summed E-state index contributed by atoms with van der Waals surface area (Å²) < 4.78 is 16.5. The number of amides is 1. The third-order valence-corrected chi connectivity index (χ3v) is 5.02. The Morgan fingerprint density at radius 1 is 1.28 bits per heavy atom. The highest BCUT2D eigenvalue weighted by molar-refractivity contribution is 5.79. The van der Waals surface area contributed by atoms with Crippen LogP contribution in [0.1, 0.15) is 17.0 Å². The van der Waals surface area contributed by atoms with E-state index in [1.165, 1.54) is 0 Å². The SMILES string of the molecule is COc1cccc2c1OC[C@@H](C(=O)N(C)Cc1nc(-c3cccc(C)c3)no1)C2. The van der Waals surface area contributed by atoms with E-state index >= 15 is 0 Å². The van der Waals surface area contributed by atoms with Crippen LogP contribution >= 0.6 is 0 Å². The molecule has 4 rings (SSSR count). The lowest BCUT2D eigenvalue weighted by Gasteiger charge is -2.28. The van der Waals surface area contributed by atoms with Crippen LogP contribution in [0.3, 0.4) is 0 Å². The van der Waals surface area contributed by atoms with Gasteiger partial charge in [-0.05, 0) is 31.0 Å². The van der Waals surface area contributed by atoms with Gasteiger partial charge in [0.15, 0.2) is 11.5 Å². The Kier molecular flexibility index (Phi) is 5.20.